The summed E-state index contributed by atoms with van der Waals surface area (Å²) in [4.78, 5) is 20.3. The number of nitrogens with zero attached hydrogens (tertiary/aromatic N) is 2. The number of hydrogen-bond donors (Lipinski definition) is 2. The van der Waals surface area contributed by atoms with Crippen LogP contribution in [0.15, 0.2) is 47.7 Å². The molecule has 0 spiro atoms. The number of nitrogens with one attached hydrogen (secondary N) is 1. The number of hydrogen-bond acceptors (Lipinski definition) is 4. The molecule has 0 bridgehead atoms. The summed E-state index contributed by atoms with van der Waals surface area (Å²) in [6, 6.07) is 9.78. The molecule has 6 nitrogen and oxygen atoms in total. The molecule has 1 fully saturated rings. The number of aliphatic imine (C=N–C) groups is 1. The molecule has 2 aromatic rings. The van der Waals surface area contributed by atoms with Gasteiger partial charge in [-0.2, -0.15) is 0 Å². The lowest BCUT2D eigenvalue weighted by Crippen LogP contribution is -2.51. The van der Waals surface area contributed by atoms with Crippen LogP contribution in [0.5, 0.6) is 5.75 Å². The van der Waals surface area contributed by atoms with Crippen LogP contribution in [0.3, 0.4) is 0 Å². The smallest absolute Gasteiger partial charge is 0.189 e. The second kappa shape index (κ2) is 6.93. The average molecular weight is 338 g/mol. The Labute approximate surface area is 147 Å². The number of methoxy groups -OCH3 is 1. The van der Waals surface area contributed by atoms with Gasteiger partial charge >= 0.3 is 0 Å². The van der Waals surface area contributed by atoms with Crippen LogP contribution in [0, 0.1) is 5.92 Å². The van der Waals surface area contributed by atoms with E-state index >= 15 is 0 Å². The van der Waals surface area contributed by atoms with Gasteiger partial charge in [0.05, 0.1) is 13.3 Å². The molecule has 0 aliphatic heterocycles. The Kier molecular flexibility index (Phi) is 4.70. The third kappa shape index (κ3) is 3.33. The molecule has 1 heterocycles. The monoisotopic (exact) mass is 338 g/mol. The minimum absolute atomic E-state index is 0.212. The molecule has 1 unspecified atom stereocenters. The summed E-state index contributed by atoms with van der Waals surface area (Å²) >= 11 is 0. The molecular formula is C19H22N4O2. The van der Waals surface area contributed by atoms with Crippen LogP contribution >= 0.6 is 0 Å². The van der Waals surface area contributed by atoms with E-state index in [1.54, 1.807) is 26.6 Å². The lowest BCUT2D eigenvalue weighted by atomic mass is 9.85. The van der Waals surface area contributed by atoms with E-state index in [0.29, 0.717) is 5.75 Å². The zero-order valence-corrected chi connectivity index (χ0v) is 14.4. The van der Waals surface area contributed by atoms with E-state index in [2.05, 4.69) is 15.3 Å². The van der Waals surface area contributed by atoms with Gasteiger partial charge in [0.2, 0.25) is 0 Å². The SMILES string of the molecule is CN=C(N)NC(C=O)(c1cccc(-c2cncc(OC)c2)c1)C1CC1. The molecule has 3 N–H and O–H groups in total. The third-order valence-electron chi connectivity index (χ3n) is 4.61. The van der Waals surface area contributed by atoms with Crippen molar-refractivity contribution in [3.05, 3.63) is 48.3 Å². The number of carbonyl (C=O) groups is 1. The zero-order valence-electron chi connectivity index (χ0n) is 14.4. The molecule has 0 radical (unpaired) electrons. The lowest BCUT2D eigenvalue weighted by Gasteiger charge is -2.31. The van der Waals surface area contributed by atoms with Gasteiger partial charge < -0.3 is 20.6 Å². The van der Waals surface area contributed by atoms with Crippen LogP contribution in [0.4, 0.5) is 0 Å². The molecular weight excluding hydrogens is 316 g/mol. The molecule has 1 saturated carbocycles. The molecule has 25 heavy (non-hydrogen) atoms. The van der Waals surface area contributed by atoms with Crippen molar-refractivity contribution in [2.24, 2.45) is 16.6 Å². The fourth-order valence-electron chi connectivity index (χ4n) is 3.05. The molecule has 1 aliphatic rings. The van der Waals surface area contributed by atoms with Crippen LogP contribution in [0.2, 0.25) is 0 Å². The first kappa shape index (κ1) is 17.0. The molecule has 1 aromatic carbocycles. The van der Waals surface area contributed by atoms with Crippen molar-refractivity contribution in [2.75, 3.05) is 14.2 Å². The van der Waals surface area contributed by atoms with Crippen molar-refractivity contribution < 1.29 is 9.53 Å². The van der Waals surface area contributed by atoms with Gasteiger partial charge in [-0.3, -0.25) is 9.98 Å². The van der Waals surface area contributed by atoms with Crippen molar-refractivity contribution in [1.82, 2.24) is 10.3 Å². The van der Waals surface area contributed by atoms with E-state index in [1.165, 1.54) is 0 Å². The van der Waals surface area contributed by atoms with E-state index in [1.807, 2.05) is 30.3 Å². The van der Waals surface area contributed by atoms with Gasteiger partial charge in [-0.1, -0.05) is 18.2 Å². The number of guanidine groups is 1. The molecule has 3 rings (SSSR count). The fourth-order valence-corrected chi connectivity index (χ4v) is 3.05. The van der Waals surface area contributed by atoms with Crippen LogP contribution in [0.25, 0.3) is 11.1 Å². The quantitative estimate of drug-likeness (QED) is 0.478. The highest BCUT2D eigenvalue weighted by Gasteiger charge is 2.47. The Bertz CT molecular complexity index is 802. The van der Waals surface area contributed by atoms with Gasteiger partial charge in [-0.05, 0) is 42.0 Å². The summed E-state index contributed by atoms with van der Waals surface area (Å²) in [6.45, 7) is 0. The molecule has 1 aromatic heterocycles. The molecule has 1 atom stereocenters. The van der Waals surface area contributed by atoms with Crippen LogP contribution in [-0.4, -0.2) is 31.4 Å². The molecule has 130 valence electrons. The Morgan fingerprint density at radius 2 is 2.16 bits per heavy atom. The number of carbonyl (C=O) groups excluding carboxylic acids is 1. The number of nitrogens with two attached hydrogens (primary N) is 1. The number of aromatic nitrogens is 1. The van der Waals surface area contributed by atoms with E-state index in [-0.39, 0.29) is 11.9 Å². The van der Waals surface area contributed by atoms with Crippen molar-refractivity contribution in [2.45, 2.75) is 18.4 Å². The summed E-state index contributed by atoms with van der Waals surface area (Å²) in [5.41, 5.74) is 7.78. The molecule has 0 amide bonds. The van der Waals surface area contributed by atoms with Crippen LogP contribution in [-0.2, 0) is 10.3 Å². The Hall–Kier alpha value is -2.89. The highest BCUT2D eigenvalue weighted by Crippen LogP contribution is 2.45. The summed E-state index contributed by atoms with van der Waals surface area (Å²) in [7, 11) is 3.21. The first-order chi connectivity index (χ1) is 12.1. The van der Waals surface area contributed by atoms with E-state index in [4.69, 9.17) is 10.5 Å². The van der Waals surface area contributed by atoms with E-state index in [9.17, 15) is 4.79 Å². The summed E-state index contributed by atoms with van der Waals surface area (Å²) in [5.74, 6) is 1.16. The molecule has 1 aliphatic carbocycles. The largest absolute Gasteiger partial charge is 0.495 e. The van der Waals surface area contributed by atoms with Crippen LogP contribution in [0.1, 0.15) is 18.4 Å². The zero-order chi connectivity index (χ0) is 17.9. The highest BCUT2D eigenvalue weighted by atomic mass is 16.5. The number of benzene rings is 1. The van der Waals surface area contributed by atoms with Gasteiger partial charge in [0.1, 0.15) is 17.6 Å². The average Bonchev–Trinajstić information content (AvgIpc) is 3.51. The minimum atomic E-state index is -0.855. The maximum absolute atomic E-state index is 12.1. The number of ether oxygens (including phenoxy) is 1. The van der Waals surface area contributed by atoms with Crippen molar-refractivity contribution in [3.8, 4) is 16.9 Å². The summed E-state index contributed by atoms with van der Waals surface area (Å²) < 4.78 is 5.25. The van der Waals surface area contributed by atoms with Gasteiger partial charge in [-0.25, -0.2) is 0 Å². The lowest BCUT2D eigenvalue weighted by molar-refractivity contribution is -0.114. The fraction of sp³-hybridized carbons (Fsp3) is 0.316. The summed E-state index contributed by atoms with van der Waals surface area (Å²) in [5, 5.41) is 3.13. The normalized spacial score (nSPS) is 16.8. The Morgan fingerprint density at radius 1 is 1.36 bits per heavy atom. The van der Waals surface area contributed by atoms with Gasteiger partial charge in [0.25, 0.3) is 0 Å². The van der Waals surface area contributed by atoms with Gasteiger partial charge in [-0.15, -0.1) is 0 Å². The molecule has 0 saturated heterocycles. The second-order valence-electron chi connectivity index (χ2n) is 6.19. The van der Waals surface area contributed by atoms with Crippen LogP contribution < -0.4 is 15.8 Å². The van der Waals surface area contributed by atoms with E-state index < -0.39 is 5.54 Å². The number of aldehydes is 1. The topological polar surface area (TPSA) is 89.6 Å². The first-order valence-corrected chi connectivity index (χ1v) is 8.19. The Morgan fingerprint density at radius 3 is 2.80 bits per heavy atom. The van der Waals surface area contributed by atoms with Crippen molar-refractivity contribution in [3.63, 3.8) is 0 Å². The number of rotatable bonds is 6. The standard InChI is InChI=1S/C19H22N4O2/c1-21-18(20)23-19(12-24,15-6-7-15)16-5-3-4-13(8-16)14-9-17(25-2)11-22-10-14/h3-5,8-12,15H,6-7H2,1-2H3,(H3,20,21,23). The predicted octanol–water partition coefficient (Wildman–Crippen LogP) is 2.10. The maximum atomic E-state index is 12.1. The third-order valence-corrected chi connectivity index (χ3v) is 4.61. The predicted molar refractivity (Wildman–Crippen MR) is 97.4 cm³/mol. The van der Waals surface area contributed by atoms with Crippen molar-refractivity contribution in [1.29, 1.82) is 0 Å². The Balaban J connectivity index is 2.04. The van der Waals surface area contributed by atoms with Crippen molar-refractivity contribution >= 4 is 12.2 Å². The first-order valence-electron chi connectivity index (χ1n) is 8.19. The van der Waals surface area contributed by atoms with Gasteiger partial charge in [0.15, 0.2) is 5.96 Å². The summed E-state index contributed by atoms with van der Waals surface area (Å²) in [6.07, 6.45) is 6.34. The van der Waals surface area contributed by atoms with Gasteiger partial charge in [0, 0.05) is 18.8 Å². The van der Waals surface area contributed by atoms with E-state index in [0.717, 1.165) is 35.8 Å². The minimum Gasteiger partial charge on any atom is -0.495 e. The highest BCUT2D eigenvalue weighted by molar-refractivity contribution is 5.85. The number of pyridine rings is 1. The molecule has 6 heteroatoms. The maximum Gasteiger partial charge on any atom is 0.189 e. The second-order valence-corrected chi connectivity index (χ2v) is 6.19.